The van der Waals surface area contributed by atoms with Gasteiger partial charge >= 0.3 is 6.03 Å². The third-order valence-corrected chi connectivity index (χ3v) is 4.92. The number of imidazole rings is 1. The van der Waals surface area contributed by atoms with E-state index in [1.165, 1.54) is 4.90 Å². The van der Waals surface area contributed by atoms with Crippen LogP contribution >= 0.6 is 0 Å². The maximum Gasteiger partial charge on any atom is 0.320 e. The molecule has 162 valence electrons. The van der Waals surface area contributed by atoms with Crippen LogP contribution in [-0.2, 0) is 6.42 Å². The SMILES string of the molecule is CC(C)Oc1ccnc(-c2cc(C=O)nc3c2CCCN3C(N)=O)c1C#Cc1cnc[nH]1. The number of carbonyl (C=O) groups is 2. The molecular weight excluding hydrogens is 408 g/mol. The molecule has 9 heteroatoms. The maximum atomic E-state index is 12.0. The number of aromatic amines is 1. The van der Waals surface area contributed by atoms with Crippen LogP contribution in [0.15, 0.2) is 30.9 Å². The smallest absolute Gasteiger partial charge is 0.320 e. The summed E-state index contributed by atoms with van der Waals surface area (Å²) in [7, 11) is 0. The number of ether oxygens (including phenoxy) is 1. The van der Waals surface area contributed by atoms with Gasteiger partial charge in [-0.2, -0.15) is 0 Å². The Labute approximate surface area is 185 Å². The van der Waals surface area contributed by atoms with Gasteiger partial charge in [0.05, 0.1) is 29.9 Å². The second-order valence-electron chi connectivity index (χ2n) is 7.52. The highest BCUT2D eigenvalue weighted by Crippen LogP contribution is 2.37. The number of nitrogens with zero attached hydrogens (tertiary/aromatic N) is 4. The van der Waals surface area contributed by atoms with E-state index < -0.39 is 6.03 Å². The molecule has 4 heterocycles. The molecule has 3 aromatic heterocycles. The number of urea groups is 1. The molecule has 0 spiro atoms. The quantitative estimate of drug-likeness (QED) is 0.484. The molecule has 4 rings (SSSR count). The summed E-state index contributed by atoms with van der Waals surface area (Å²) in [5.41, 5.74) is 8.96. The molecule has 0 aromatic carbocycles. The molecule has 0 saturated carbocycles. The van der Waals surface area contributed by atoms with Crippen LogP contribution in [0.4, 0.5) is 10.6 Å². The summed E-state index contributed by atoms with van der Waals surface area (Å²) in [6.45, 7) is 4.29. The molecule has 3 N–H and O–H groups in total. The fourth-order valence-electron chi connectivity index (χ4n) is 3.63. The van der Waals surface area contributed by atoms with Crippen molar-refractivity contribution in [2.24, 2.45) is 5.73 Å². The van der Waals surface area contributed by atoms with Gasteiger partial charge in [-0.05, 0) is 44.7 Å². The number of nitrogens with two attached hydrogens (primary N) is 1. The van der Waals surface area contributed by atoms with Crippen molar-refractivity contribution in [1.29, 1.82) is 0 Å². The number of amides is 2. The molecule has 0 unspecified atom stereocenters. The number of nitrogens with one attached hydrogen (secondary N) is 1. The third-order valence-electron chi connectivity index (χ3n) is 4.92. The molecule has 32 heavy (non-hydrogen) atoms. The first-order valence-electron chi connectivity index (χ1n) is 10.2. The van der Waals surface area contributed by atoms with Crippen molar-refractivity contribution in [1.82, 2.24) is 19.9 Å². The number of aromatic nitrogens is 4. The number of hydrogen-bond donors (Lipinski definition) is 2. The Kier molecular flexibility index (Phi) is 5.85. The van der Waals surface area contributed by atoms with E-state index in [4.69, 9.17) is 10.5 Å². The number of rotatable bonds is 4. The van der Waals surface area contributed by atoms with Crippen molar-refractivity contribution in [3.05, 3.63) is 53.4 Å². The largest absolute Gasteiger partial charge is 0.490 e. The van der Waals surface area contributed by atoms with Crippen molar-refractivity contribution in [2.45, 2.75) is 32.8 Å². The number of anilines is 1. The van der Waals surface area contributed by atoms with Gasteiger partial charge in [-0.25, -0.2) is 14.8 Å². The Morgan fingerprint density at radius 1 is 1.38 bits per heavy atom. The van der Waals surface area contributed by atoms with E-state index in [-0.39, 0.29) is 11.8 Å². The van der Waals surface area contributed by atoms with Gasteiger partial charge < -0.3 is 15.5 Å². The van der Waals surface area contributed by atoms with E-state index in [0.717, 1.165) is 5.56 Å². The Morgan fingerprint density at radius 2 is 2.22 bits per heavy atom. The fraction of sp³-hybridized carbons (Fsp3) is 0.261. The van der Waals surface area contributed by atoms with E-state index in [0.29, 0.717) is 59.8 Å². The monoisotopic (exact) mass is 430 g/mol. The molecule has 0 bridgehead atoms. The van der Waals surface area contributed by atoms with Gasteiger partial charge in [0.25, 0.3) is 0 Å². The molecule has 0 aliphatic carbocycles. The minimum absolute atomic E-state index is 0.0831. The summed E-state index contributed by atoms with van der Waals surface area (Å²) in [6, 6.07) is 2.81. The summed E-state index contributed by atoms with van der Waals surface area (Å²) < 4.78 is 6.00. The van der Waals surface area contributed by atoms with Crippen LogP contribution in [0.1, 0.15) is 47.6 Å². The van der Waals surface area contributed by atoms with Crippen LogP contribution in [0.3, 0.4) is 0 Å². The van der Waals surface area contributed by atoms with Crippen LogP contribution in [-0.4, -0.2) is 44.9 Å². The van der Waals surface area contributed by atoms with E-state index in [9.17, 15) is 9.59 Å². The summed E-state index contributed by atoms with van der Waals surface area (Å²) >= 11 is 0. The van der Waals surface area contributed by atoms with E-state index in [1.54, 1.807) is 30.9 Å². The van der Waals surface area contributed by atoms with Crippen LogP contribution in [0.25, 0.3) is 11.3 Å². The lowest BCUT2D eigenvalue weighted by atomic mass is 9.94. The topological polar surface area (TPSA) is 127 Å². The van der Waals surface area contributed by atoms with Gasteiger partial charge in [0.2, 0.25) is 0 Å². The molecule has 1 aliphatic rings. The standard InChI is InChI=1S/C23H22N6O3/c1-14(2)32-20-7-8-26-21(18(20)6-5-15-11-25-13-27-15)19-10-16(12-30)28-22-17(19)4-3-9-29(22)23(24)31/h7-8,10-14H,3-4,9H2,1-2H3,(H2,24,31)(H,25,27). The first kappa shape index (κ1) is 21.1. The van der Waals surface area contributed by atoms with Crippen LogP contribution in [0.2, 0.25) is 0 Å². The summed E-state index contributed by atoms with van der Waals surface area (Å²) in [4.78, 5) is 40.9. The molecule has 0 saturated heterocycles. The van der Waals surface area contributed by atoms with Crippen LogP contribution < -0.4 is 15.4 Å². The second kappa shape index (κ2) is 8.89. The number of fused-ring (bicyclic) bond motifs is 1. The zero-order valence-electron chi connectivity index (χ0n) is 17.8. The van der Waals surface area contributed by atoms with E-state index in [2.05, 4.69) is 31.8 Å². The lowest BCUT2D eigenvalue weighted by Crippen LogP contribution is -2.40. The van der Waals surface area contributed by atoms with Crippen molar-refractivity contribution in [3.8, 4) is 28.8 Å². The molecule has 2 amide bonds. The minimum Gasteiger partial charge on any atom is -0.490 e. The zero-order chi connectivity index (χ0) is 22.7. The Bertz CT molecular complexity index is 1220. The van der Waals surface area contributed by atoms with Gasteiger partial charge in [-0.1, -0.05) is 5.92 Å². The molecule has 3 aromatic rings. The van der Waals surface area contributed by atoms with Gasteiger partial charge in [0, 0.05) is 23.9 Å². The lowest BCUT2D eigenvalue weighted by Gasteiger charge is -2.28. The molecule has 0 atom stereocenters. The van der Waals surface area contributed by atoms with Crippen molar-refractivity contribution < 1.29 is 14.3 Å². The van der Waals surface area contributed by atoms with Crippen molar-refractivity contribution in [2.75, 3.05) is 11.4 Å². The average Bonchev–Trinajstić information content (AvgIpc) is 3.30. The van der Waals surface area contributed by atoms with E-state index in [1.807, 2.05) is 13.8 Å². The number of carbonyl (C=O) groups excluding carboxylic acids is 2. The number of pyridine rings is 2. The van der Waals surface area contributed by atoms with Crippen molar-refractivity contribution >= 4 is 18.1 Å². The number of H-pyrrole nitrogens is 1. The Hall–Kier alpha value is -4.19. The Morgan fingerprint density at radius 3 is 2.91 bits per heavy atom. The normalized spacial score (nSPS) is 12.7. The highest BCUT2D eigenvalue weighted by molar-refractivity contribution is 5.94. The maximum absolute atomic E-state index is 12.0. The van der Waals surface area contributed by atoms with Gasteiger partial charge in [0.15, 0.2) is 6.29 Å². The molecular formula is C23H22N6O3. The highest BCUT2D eigenvalue weighted by Gasteiger charge is 2.27. The third kappa shape index (κ3) is 4.16. The van der Waals surface area contributed by atoms with Crippen molar-refractivity contribution in [3.63, 3.8) is 0 Å². The second-order valence-corrected chi connectivity index (χ2v) is 7.52. The zero-order valence-corrected chi connectivity index (χ0v) is 17.8. The predicted octanol–water partition coefficient (Wildman–Crippen LogP) is 2.70. The first-order chi connectivity index (χ1) is 15.5. The number of hydrogen-bond acceptors (Lipinski definition) is 6. The van der Waals surface area contributed by atoms with E-state index >= 15 is 0 Å². The number of aldehydes is 1. The first-order valence-corrected chi connectivity index (χ1v) is 10.2. The molecule has 0 fully saturated rings. The average molecular weight is 430 g/mol. The summed E-state index contributed by atoms with van der Waals surface area (Å²) in [6.07, 6.45) is 6.73. The molecule has 0 radical (unpaired) electrons. The van der Waals surface area contributed by atoms with Crippen LogP contribution in [0.5, 0.6) is 5.75 Å². The summed E-state index contributed by atoms with van der Waals surface area (Å²) in [5, 5.41) is 0. The summed E-state index contributed by atoms with van der Waals surface area (Å²) in [5.74, 6) is 7.14. The van der Waals surface area contributed by atoms with Gasteiger partial charge in [-0.3, -0.25) is 14.7 Å². The molecule has 1 aliphatic heterocycles. The predicted molar refractivity (Wildman–Crippen MR) is 118 cm³/mol. The minimum atomic E-state index is -0.614. The lowest BCUT2D eigenvalue weighted by molar-refractivity contribution is 0.111. The van der Waals surface area contributed by atoms with Gasteiger partial charge in [0.1, 0.15) is 23.0 Å². The highest BCUT2D eigenvalue weighted by atomic mass is 16.5. The van der Waals surface area contributed by atoms with Gasteiger partial charge in [-0.15, -0.1) is 0 Å². The number of primary amides is 1. The fourth-order valence-corrected chi connectivity index (χ4v) is 3.63. The molecule has 9 nitrogen and oxygen atoms in total. The Balaban J connectivity index is 1.96. The van der Waals surface area contributed by atoms with Crippen LogP contribution in [0, 0.1) is 11.8 Å².